The van der Waals surface area contributed by atoms with E-state index in [2.05, 4.69) is 30.6 Å². The number of nitrogens with one attached hydrogen (secondary N) is 3. The predicted octanol–water partition coefficient (Wildman–Crippen LogP) is -0.511. The van der Waals surface area contributed by atoms with Crippen LogP contribution in [0.3, 0.4) is 0 Å². The van der Waals surface area contributed by atoms with Gasteiger partial charge in [0, 0.05) is 0 Å². The molecule has 0 spiro atoms. The molecule has 15 heavy (non-hydrogen) atoms. The molecule has 0 atom stereocenters. The molecule has 0 saturated carbocycles. The van der Waals surface area contributed by atoms with Gasteiger partial charge >= 0.3 is 12.0 Å². The van der Waals surface area contributed by atoms with Gasteiger partial charge in [0.05, 0.1) is 6.61 Å². The SMILES string of the molecule is CCOC(=O)CNC(=O)Nc1ncn[nH]1. The van der Waals surface area contributed by atoms with Crippen LogP contribution in [0.4, 0.5) is 10.7 Å². The smallest absolute Gasteiger partial charge is 0.325 e. The van der Waals surface area contributed by atoms with Gasteiger partial charge < -0.3 is 10.1 Å². The summed E-state index contributed by atoms with van der Waals surface area (Å²) in [6, 6.07) is -0.556. The standard InChI is InChI=1S/C7H11N5O3/c1-2-15-5(13)3-8-7(14)11-6-9-4-10-12-6/h4H,2-3H2,1H3,(H3,8,9,10,11,12,14). The van der Waals surface area contributed by atoms with Crippen LogP contribution >= 0.6 is 0 Å². The molecule has 0 fully saturated rings. The summed E-state index contributed by atoms with van der Waals surface area (Å²) in [7, 11) is 0. The Morgan fingerprint density at radius 1 is 1.60 bits per heavy atom. The monoisotopic (exact) mass is 213 g/mol. The number of anilines is 1. The Balaban J connectivity index is 2.22. The van der Waals surface area contributed by atoms with Crippen LogP contribution in [0.5, 0.6) is 0 Å². The minimum Gasteiger partial charge on any atom is -0.465 e. The number of nitrogens with zero attached hydrogens (tertiary/aromatic N) is 2. The molecule has 2 amide bonds. The van der Waals surface area contributed by atoms with Gasteiger partial charge in [-0.15, -0.1) is 0 Å². The average Bonchev–Trinajstić information content (AvgIpc) is 2.68. The Morgan fingerprint density at radius 3 is 3.00 bits per heavy atom. The van der Waals surface area contributed by atoms with E-state index in [1.807, 2.05) is 0 Å². The van der Waals surface area contributed by atoms with Crippen LogP contribution in [0.1, 0.15) is 6.92 Å². The molecule has 82 valence electrons. The van der Waals surface area contributed by atoms with E-state index in [4.69, 9.17) is 0 Å². The van der Waals surface area contributed by atoms with E-state index in [-0.39, 0.29) is 19.1 Å². The second kappa shape index (κ2) is 5.58. The number of hydrogen-bond donors (Lipinski definition) is 3. The van der Waals surface area contributed by atoms with Crippen molar-refractivity contribution in [2.45, 2.75) is 6.92 Å². The van der Waals surface area contributed by atoms with Gasteiger partial charge in [-0.25, -0.2) is 9.89 Å². The zero-order valence-corrected chi connectivity index (χ0v) is 8.11. The number of carbonyl (C=O) groups is 2. The second-order valence-electron chi connectivity index (χ2n) is 2.45. The van der Waals surface area contributed by atoms with Crippen molar-refractivity contribution in [1.82, 2.24) is 20.5 Å². The van der Waals surface area contributed by atoms with Crippen molar-refractivity contribution < 1.29 is 14.3 Å². The third kappa shape index (κ3) is 4.07. The van der Waals surface area contributed by atoms with Crippen molar-refractivity contribution in [3.63, 3.8) is 0 Å². The first-order valence-electron chi connectivity index (χ1n) is 4.28. The van der Waals surface area contributed by atoms with Crippen molar-refractivity contribution in [2.75, 3.05) is 18.5 Å². The van der Waals surface area contributed by atoms with E-state index < -0.39 is 12.0 Å². The van der Waals surface area contributed by atoms with Crippen molar-refractivity contribution in [3.05, 3.63) is 6.33 Å². The Kier molecular flexibility index (Phi) is 4.07. The summed E-state index contributed by atoms with van der Waals surface area (Å²) in [5, 5.41) is 10.6. The summed E-state index contributed by atoms with van der Waals surface area (Å²) in [6.07, 6.45) is 1.25. The number of esters is 1. The van der Waals surface area contributed by atoms with Crippen LogP contribution in [0.2, 0.25) is 0 Å². The maximum atomic E-state index is 11.1. The van der Waals surface area contributed by atoms with E-state index in [1.165, 1.54) is 6.33 Å². The Hall–Kier alpha value is -2.12. The Morgan fingerprint density at radius 2 is 2.40 bits per heavy atom. The number of H-pyrrole nitrogens is 1. The summed E-state index contributed by atoms with van der Waals surface area (Å²) in [5.74, 6) is -0.290. The van der Waals surface area contributed by atoms with Gasteiger partial charge in [0.25, 0.3) is 0 Å². The van der Waals surface area contributed by atoms with Crippen LogP contribution < -0.4 is 10.6 Å². The minimum absolute atomic E-state index is 0.187. The molecule has 1 aromatic heterocycles. The molecule has 0 aliphatic heterocycles. The van der Waals surface area contributed by atoms with E-state index in [9.17, 15) is 9.59 Å². The molecule has 0 aliphatic carbocycles. The normalized spacial score (nSPS) is 9.40. The summed E-state index contributed by atoms with van der Waals surface area (Å²) >= 11 is 0. The molecule has 1 aromatic rings. The number of rotatable bonds is 4. The van der Waals surface area contributed by atoms with E-state index in [0.29, 0.717) is 0 Å². The summed E-state index contributed by atoms with van der Waals surface area (Å²) in [4.78, 5) is 25.6. The molecule has 0 radical (unpaired) electrons. The van der Waals surface area contributed by atoms with Gasteiger partial charge in [-0.05, 0) is 6.92 Å². The van der Waals surface area contributed by atoms with Gasteiger partial charge in [0.2, 0.25) is 5.95 Å². The van der Waals surface area contributed by atoms with Gasteiger partial charge in [-0.2, -0.15) is 10.1 Å². The number of ether oxygens (including phenoxy) is 1. The molecule has 8 nitrogen and oxygen atoms in total. The Bertz CT molecular complexity index is 323. The lowest BCUT2D eigenvalue weighted by Crippen LogP contribution is -2.34. The first kappa shape index (κ1) is 11.0. The summed E-state index contributed by atoms with van der Waals surface area (Å²) in [5.41, 5.74) is 0. The number of urea groups is 1. The molecule has 1 heterocycles. The third-order valence-corrected chi connectivity index (χ3v) is 1.35. The third-order valence-electron chi connectivity index (χ3n) is 1.35. The maximum Gasteiger partial charge on any atom is 0.325 e. The van der Waals surface area contributed by atoms with Crippen molar-refractivity contribution in [1.29, 1.82) is 0 Å². The van der Waals surface area contributed by atoms with Gasteiger partial charge in [-0.1, -0.05) is 0 Å². The van der Waals surface area contributed by atoms with Crippen molar-refractivity contribution in [2.24, 2.45) is 0 Å². The number of aromatic amines is 1. The fourth-order valence-electron chi connectivity index (χ4n) is 0.782. The predicted molar refractivity (Wildman–Crippen MR) is 50.0 cm³/mol. The molecule has 0 unspecified atom stereocenters. The molecule has 0 aromatic carbocycles. The van der Waals surface area contributed by atoms with Crippen molar-refractivity contribution in [3.8, 4) is 0 Å². The molecule has 8 heteroatoms. The number of amides is 2. The number of aromatic nitrogens is 3. The molecular weight excluding hydrogens is 202 g/mol. The quantitative estimate of drug-likeness (QED) is 0.583. The molecule has 0 bridgehead atoms. The molecule has 1 rings (SSSR count). The highest BCUT2D eigenvalue weighted by Gasteiger charge is 2.06. The summed E-state index contributed by atoms with van der Waals surface area (Å²) in [6.45, 7) is 1.78. The van der Waals surface area contributed by atoms with E-state index >= 15 is 0 Å². The highest BCUT2D eigenvalue weighted by molar-refractivity contribution is 5.89. The first-order valence-corrected chi connectivity index (χ1v) is 4.28. The fourth-order valence-corrected chi connectivity index (χ4v) is 0.782. The second-order valence-corrected chi connectivity index (χ2v) is 2.45. The zero-order valence-electron chi connectivity index (χ0n) is 8.11. The van der Waals surface area contributed by atoms with Crippen LogP contribution in [-0.2, 0) is 9.53 Å². The van der Waals surface area contributed by atoms with E-state index in [1.54, 1.807) is 6.92 Å². The molecule has 3 N–H and O–H groups in total. The number of carbonyl (C=O) groups excluding carboxylic acids is 2. The highest BCUT2D eigenvalue weighted by atomic mass is 16.5. The van der Waals surface area contributed by atoms with Crippen LogP contribution in [0.15, 0.2) is 6.33 Å². The lowest BCUT2D eigenvalue weighted by molar-refractivity contribution is -0.141. The first-order chi connectivity index (χ1) is 7.22. The molecule has 0 aliphatic rings. The molecule has 0 saturated heterocycles. The number of hydrogen-bond acceptors (Lipinski definition) is 5. The highest BCUT2D eigenvalue weighted by Crippen LogP contribution is 1.90. The van der Waals surface area contributed by atoms with Gasteiger partial charge in [-0.3, -0.25) is 10.1 Å². The van der Waals surface area contributed by atoms with Crippen LogP contribution in [0, 0.1) is 0 Å². The maximum absolute atomic E-state index is 11.1. The minimum atomic E-state index is -0.556. The van der Waals surface area contributed by atoms with Gasteiger partial charge in [0.15, 0.2) is 0 Å². The topological polar surface area (TPSA) is 109 Å². The Labute approximate surface area is 85.4 Å². The van der Waals surface area contributed by atoms with Crippen LogP contribution in [0.25, 0.3) is 0 Å². The average molecular weight is 213 g/mol. The summed E-state index contributed by atoms with van der Waals surface area (Å²) < 4.78 is 4.61. The largest absolute Gasteiger partial charge is 0.465 e. The zero-order chi connectivity index (χ0) is 11.1. The molecular formula is C7H11N5O3. The van der Waals surface area contributed by atoms with Crippen molar-refractivity contribution >= 4 is 17.9 Å². The van der Waals surface area contributed by atoms with E-state index in [0.717, 1.165) is 0 Å². The lowest BCUT2D eigenvalue weighted by Gasteiger charge is -2.04. The van der Waals surface area contributed by atoms with Gasteiger partial charge in [0.1, 0.15) is 12.9 Å². The lowest BCUT2D eigenvalue weighted by atomic mass is 10.6. The fraction of sp³-hybridized carbons (Fsp3) is 0.429. The van der Waals surface area contributed by atoms with Crippen LogP contribution in [-0.4, -0.2) is 40.3 Å².